The number of aliphatic hydroxyl groups is 1. The molecule has 1 aromatic rings. The van der Waals surface area contributed by atoms with Crippen molar-refractivity contribution in [2.45, 2.75) is 38.5 Å². The molecule has 3 nitrogen and oxygen atoms in total. The van der Waals surface area contributed by atoms with Crippen LogP contribution in [0.25, 0.3) is 0 Å². The fourth-order valence-corrected chi connectivity index (χ4v) is 3.44. The van der Waals surface area contributed by atoms with Gasteiger partial charge < -0.3 is 5.11 Å². The summed E-state index contributed by atoms with van der Waals surface area (Å²) in [7, 11) is -3.22. The normalized spacial score (nSPS) is 15.5. The fraction of sp³-hybridized carbons (Fsp3) is 0.538. The van der Waals surface area contributed by atoms with E-state index >= 15 is 0 Å². The van der Waals surface area contributed by atoms with Crippen LogP contribution in [0.1, 0.15) is 37.5 Å². The molecule has 0 aromatic heterocycles. The fourth-order valence-electron chi connectivity index (χ4n) is 1.96. The second-order valence-electron chi connectivity index (χ2n) is 4.26. The van der Waals surface area contributed by atoms with Gasteiger partial charge in [0.05, 0.1) is 11.4 Å². The van der Waals surface area contributed by atoms with Crippen LogP contribution in [0.5, 0.6) is 0 Å². The maximum Gasteiger partial charge on any atom is 0.155 e. The Balaban J connectivity index is 3.06. The van der Waals surface area contributed by atoms with Gasteiger partial charge in [0, 0.05) is 5.75 Å². The quantitative estimate of drug-likeness (QED) is 0.879. The van der Waals surface area contributed by atoms with Gasteiger partial charge in [-0.1, -0.05) is 43.7 Å². The van der Waals surface area contributed by atoms with Crippen LogP contribution in [-0.4, -0.2) is 24.5 Å². The molecule has 0 saturated carbocycles. The molecule has 1 aromatic carbocycles. The lowest BCUT2D eigenvalue weighted by molar-refractivity contribution is 0.169. The van der Waals surface area contributed by atoms with Crippen LogP contribution in [0.2, 0.25) is 0 Å². The number of aryl methyl sites for hydroxylation is 1. The van der Waals surface area contributed by atoms with Crippen molar-refractivity contribution in [3.8, 4) is 0 Å². The van der Waals surface area contributed by atoms with Crippen molar-refractivity contribution >= 4 is 9.84 Å². The first-order valence-electron chi connectivity index (χ1n) is 5.88. The van der Waals surface area contributed by atoms with Gasteiger partial charge in [-0.3, -0.25) is 0 Å². The summed E-state index contributed by atoms with van der Waals surface area (Å²) in [5.41, 5.74) is 1.69. The summed E-state index contributed by atoms with van der Waals surface area (Å²) in [5, 5.41) is 9.48. The monoisotopic (exact) mass is 256 g/mol. The average molecular weight is 256 g/mol. The Bertz CT molecular complexity index is 465. The molecule has 0 radical (unpaired) electrons. The Hall–Kier alpha value is -0.870. The van der Waals surface area contributed by atoms with Crippen LogP contribution in [0, 0.1) is 6.92 Å². The van der Waals surface area contributed by atoms with E-state index in [1.54, 1.807) is 19.9 Å². The molecule has 1 rings (SSSR count). The molecule has 0 bridgehead atoms. The first kappa shape index (κ1) is 14.2. The number of sulfone groups is 1. The van der Waals surface area contributed by atoms with Crippen LogP contribution in [-0.2, 0) is 9.84 Å². The van der Waals surface area contributed by atoms with E-state index in [-0.39, 0.29) is 5.75 Å². The molecule has 2 atom stereocenters. The van der Waals surface area contributed by atoms with Gasteiger partial charge in [-0.15, -0.1) is 0 Å². The summed E-state index contributed by atoms with van der Waals surface area (Å²) in [6.07, 6.45) is -0.518. The van der Waals surface area contributed by atoms with E-state index < -0.39 is 21.2 Å². The van der Waals surface area contributed by atoms with Crippen molar-refractivity contribution in [2.24, 2.45) is 0 Å². The molecule has 0 aliphatic carbocycles. The summed E-state index contributed by atoms with van der Waals surface area (Å²) in [6, 6.07) is 7.36. The van der Waals surface area contributed by atoms with E-state index in [4.69, 9.17) is 0 Å². The van der Waals surface area contributed by atoms with E-state index in [2.05, 4.69) is 0 Å². The molecule has 1 N–H and O–H groups in total. The van der Waals surface area contributed by atoms with Crippen molar-refractivity contribution in [1.82, 2.24) is 0 Å². The molecular weight excluding hydrogens is 236 g/mol. The maximum absolute atomic E-state index is 11.9. The third-order valence-electron chi connectivity index (χ3n) is 3.00. The zero-order valence-corrected chi connectivity index (χ0v) is 11.4. The van der Waals surface area contributed by atoms with Crippen molar-refractivity contribution in [3.05, 3.63) is 35.4 Å². The predicted octanol–water partition coefficient (Wildman–Crippen LogP) is 2.24. The largest absolute Gasteiger partial charge is 0.387 e. The van der Waals surface area contributed by atoms with Crippen molar-refractivity contribution in [1.29, 1.82) is 0 Å². The Morgan fingerprint density at radius 2 is 1.94 bits per heavy atom. The van der Waals surface area contributed by atoms with E-state index in [0.29, 0.717) is 12.0 Å². The second kappa shape index (κ2) is 5.65. The minimum atomic E-state index is -3.22. The molecule has 0 saturated heterocycles. The average Bonchev–Trinajstić information content (AvgIpc) is 2.29. The molecule has 0 aliphatic heterocycles. The second-order valence-corrected chi connectivity index (χ2v) is 6.77. The summed E-state index contributed by atoms with van der Waals surface area (Å²) in [4.78, 5) is 0. The Morgan fingerprint density at radius 1 is 1.29 bits per heavy atom. The zero-order chi connectivity index (χ0) is 13.1. The van der Waals surface area contributed by atoms with Gasteiger partial charge in [0.15, 0.2) is 9.84 Å². The van der Waals surface area contributed by atoms with Gasteiger partial charge in [-0.2, -0.15) is 0 Å². The van der Waals surface area contributed by atoms with Gasteiger partial charge in [-0.05, 0) is 18.9 Å². The smallest absolute Gasteiger partial charge is 0.155 e. The van der Waals surface area contributed by atoms with E-state index in [9.17, 15) is 13.5 Å². The standard InChI is InChI=1S/C13H20O3S/c1-4-12(17(15,16)5-2)13(14)11-8-6-7-10(3)9-11/h6-9,12-14H,4-5H2,1-3H3. The summed E-state index contributed by atoms with van der Waals surface area (Å²) < 4.78 is 23.7. The number of benzene rings is 1. The third kappa shape index (κ3) is 3.30. The maximum atomic E-state index is 11.9. The highest BCUT2D eigenvalue weighted by Gasteiger charge is 2.30. The molecule has 4 heteroatoms. The lowest BCUT2D eigenvalue weighted by Crippen LogP contribution is -2.29. The van der Waals surface area contributed by atoms with Crippen LogP contribution in [0.4, 0.5) is 0 Å². The summed E-state index contributed by atoms with van der Waals surface area (Å²) in [5.74, 6) is 0.0639. The minimum Gasteiger partial charge on any atom is -0.387 e. The Morgan fingerprint density at radius 3 is 2.41 bits per heavy atom. The highest BCUT2D eigenvalue weighted by Crippen LogP contribution is 2.25. The van der Waals surface area contributed by atoms with Crippen LogP contribution >= 0.6 is 0 Å². The van der Waals surface area contributed by atoms with Gasteiger partial charge in [0.1, 0.15) is 0 Å². The molecular formula is C13H20O3S. The molecule has 17 heavy (non-hydrogen) atoms. The van der Waals surface area contributed by atoms with Gasteiger partial charge in [-0.25, -0.2) is 8.42 Å². The van der Waals surface area contributed by atoms with E-state index in [1.165, 1.54) is 0 Å². The summed E-state index contributed by atoms with van der Waals surface area (Å²) >= 11 is 0. The van der Waals surface area contributed by atoms with E-state index in [1.807, 2.05) is 25.1 Å². The first-order chi connectivity index (χ1) is 7.92. The molecule has 0 spiro atoms. The highest BCUT2D eigenvalue weighted by atomic mass is 32.2. The number of rotatable bonds is 5. The zero-order valence-electron chi connectivity index (χ0n) is 10.6. The topological polar surface area (TPSA) is 54.4 Å². The van der Waals surface area contributed by atoms with Crippen LogP contribution in [0.3, 0.4) is 0 Å². The number of aliphatic hydroxyl groups excluding tert-OH is 1. The third-order valence-corrected chi connectivity index (χ3v) is 5.32. The van der Waals surface area contributed by atoms with Crippen LogP contribution < -0.4 is 0 Å². The minimum absolute atomic E-state index is 0.0639. The van der Waals surface area contributed by atoms with Crippen molar-refractivity contribution < 1.29 is 13.5 Å². The van der Waals surface area contributed by atoms with Crippen LogP contribution in [0.15, 0.2) is 24.3 Å². The SMILES string of the molecule is CCC(C(O)c1cccc(C)c1)S(=O)(=O)CC. The van der Waals surface area contributed by atoms with Crippen molar-refractivity contribution in [2.75, 3.05) is 5.75 Å². The Kier molecular flexibility index (Phi) is 4.71. The van der Waals surface area contributed by atoms with Gasteiger partial charge >= 0.3 is 0 Å². The summed E-state index contributed by atoms with van der Waals surface area (Å²) in [6.45, 7) is 5.32. The van der Waals surface area contributed by atoms with E-state index in [0.717, 1.165) is 5.56 Å². The number of hydrogen-bond donors (Lipinski definition) is 1. The molecule has 0 aliphatic rings. The van der Waals surface area contributed by atoms with Crippen molar-refractivity contribution in [3.63, 3.8) is 0 Å². The molecule has 2 unspecified atom stereocenters. The Labute approximate surface area is 103 Å². The van der Waals surface area contributed by atoms with Gasteiger partial charge in [0.2, 0.25) is 0 Å². The lowest BCUT2D eigenvalue weighted by atomic mass is 10.0. The highest BCUT2D eigenvalue weighted by molar-refractivity contribution is 7.92. The predicted molar refractivity (Wildman–Crippen MR) is 69.7 cm³/mol. The molecule has 96 valence electrons. The lowest BCUT2D eigenvalue weighted by Gasteiger charge is -2.21. The first-order valence-corrected chi connectivity index (χ1v) is 7.60. The molecule has 0 fully saturated rings. The molecule has 0 amide bonds. The van der Waals surface area contributed by atoms with Gasteiger partial charge in [0.25, 0.3) is 0 Å². The number of hydrogen-bond acceptors (Lipinski definition) is 3. The molecule has 0 heterocycles.